The van der Waals surface area contributed by atoms with Gasteiger partial charge in [-0.1, -0.05) is 0 Å². The lowest BCUT2D eigenvalue weighted by atomic mass is 10.0. The summed E-state index contributed by atoms with van der Waals surface area (Å²) in [5.74, 6) is 0.761. The van der Waals surface area contributed by atoms with Crippen LogP contribution in [0.4, 0.5) is 0 Å². The fourth-order valence-electron chi connectivity index (χ4n) is 1.70. The van der Waals surface area contributed by atoms with Gasteiger partial charge in [0.25, 0.3) is 0 Å². The Balaban J connectivity index is 3.11. The number of pyridine rings is 1. The topological polar surface area (TPSA) is 48.4 Å². The quantitative estimate of drug-likeness (QED) is 0.688. The van der Waals surface area contributed by atoms with Gasteiger partial charge in [-0.15, -0.1) is 0 Å². The fraction of sp³-hybridized carbons (Fsp3) is 0.500. The number of hydrogen-bond donors (Lipinski definition) is 0. The first kappa shape index (κ1) is 12.6. The zero-order valence-corrected chi connectivity index (χ0v) is 9.95. The predicted octanol–water partition coefficient (Wildman–Crippen LogP) is 1.68. The maximum atomic E-state index is 10.4. The minimum absolute atomic E-state index is 0.483. The molecule has 0 spiro atoms. The molecule has 1 aromatic heterocycles. The van der Waals surface area contributed by atoms with Gasteiger partial charge in [0.15, 0.2) is 0 Å². The first-order chi connectivity index (χ1) is 7.74. The van der Waals surface area contributed by atoms with E-state index in [2.05, 4.69) is 4.98 Å². The van der Waals surface area contributed by atoms with Crippen molar-refractivity contribution in [2.45, 2.75) is 26.4 Å². The number of methoxy groups -OCH3 is 2. The number of carbonyl (C=O) groups is 1. The third-order valence-corrected chi connectivity index (χ3v) is 2.42. The smallest absolute Gasteiger partial charge is 0.143 e. The summed E-state index contributed by atoms with van der Waals surface area (Å²) in [5, 5.41) is 0. The van der Waals surface area contributed by atoms with E-state index in [1.54, 1.807) is 20.4 Å². The molecule has 0 aliphatic heterocycles. The molecule has 1 heterocycles. The van der Waals surface area contributed by atoms with Crippen LogP contribution in [-0.4, -0.2) is 25.5 Å². The van der Waals surface area contributed by atoms with Gasteiger partial charge in [-0.2, -0.15) is 0 Å². The standard InChI is InChI=1S/C12H17NO3/c1-9-12(16-3)11(5-4-6-14)10(7-13-9)8-15-2/h6-7H,4-5,8H2,1-3H3. The van der Waals surface area contributed by atoms with E-state index < -0.39 is 0 Å². The SMILES string of the molecule is COCc1cnc(C)c(OC)c1CCC=O. The highest BCUT2D eigenvalue weighted by Crippen LogP contribution is 2.26. The molecule has 4 nitrogen and oxygen atoms in total. The van der Waals surface area contributed by atoms with Crippen LogP contribution in [0.25, 0.3) is 0 Å². The summed E-state index contributed by atoms with van der Waals surface area (Å²) in [6.07, 6.45) is 3.83. The molecule has 0 saturated heterocycles. The van der Waals surface area contributed by atoms with E-state index in [0.29, 0.717) is 19.4 Å². The number of rotatable bonds is 6. The minimum Gasteiger partial charge on any atom is -0.495 e. The van der Waals surface area contributed by atoms with Gasteiger partial charge < -0.3 is 14.3 Å². The molecular weight excluding hydrogens is 206 g/mol. The van der Waals surface area contributed by atoms with Gasteiger partial charge in [0.2, 0.25) is 0 Å². The lowest BCUT2D eigenvalue weighted by Crippen LogP contribution is -2.04. The second-order valence-corrected chi connectivity index (χ2v) is 3.52. The Bertz CT molecular complexity index is 364. The number of hydrogen-bond acceptors (Lipinski definition) is 4. The Morgan fingerprint density at radius 3 is 2.75 bits per heavy atom. The van der Waals surface area contributed by atoms with Gasteiger partial charge in [0, 0.05) is 30.9 Å². The van der Waals surface area contributed by atoms with Crippen molar-refractivity contribution in [3.05, 3.63) is 23.0 Å². The fourth-order valence-corrected chi connectivity index (χ4v) is 1.70. The number of ether oxygens (including phenoxy) is 2. The lowest BCUT2D eigenvalue weighted by Gasteiger charge is -2.14. The summed E-state index contributed by atoms with van der Waals surface area (Å²) in [6, 6.07) is 0. The summed E-state index contributed by atoms with van der Waals surface area (Å²) < 4.78 is 10.4. The Morgan fingerprint density at radius 1 is 1.44 bits per heavy atom. The normalized spacial score (nSPS) is 10.2. The number of aldehydes is 1. The average molecular weight is 223 g/mol. The van der Waals surface area contributed by atoms with Gasteiger partial charge >= 0.3 is 0 Å². The van der Waals surface area contributed by atoms with Crippen LogP contribution in [0.5, 0.6) is 5.75 Å². The zero-order chi connectivity index (χ0) is 12.0. The molecular formula is C12H17NO3. The van der Waals surface area contributed by atoms with Crippen molar-refractivity contribution < 1.29 is 14.3 Å². The first-order valence-electron chi connectivity index (χ1n) is 5.18. The molecule has 16 heavy (non-hydrogen) atoms. The summed E-state index contributed by atoms with van der Waals surface area (Å²) in [4.78, 5) is 14.7. The highest BCUT2D eigenvalue weighted by atomic mass is 16.5. The largest absolute Gasteiger partial charge is 0.495 e. The number of nitrogens with zero attached hydrogens (tertiary/aromatic N) is 1. The van der Waals surface area contributed by atoms with E-state index in [9.17, 15) is 4.79 Å². The van der Waals surface area contributed by atoms with Crippen LogP contribution in [-0.2, 0) is 22.6 Å². The van der Waals surface area contributed by atoms with Gasteiger partial charge in [0.1, 0.15) is 12.0 Å². The van der Waals surface area contributed by atoms with E-state index in [4.69, 9.17) is 9.47 Å². The van der Waals surface area contributed by atoms with Crippen molar-refractivity contribution in [3.63, 3.8) is 0 Å². The van der Waals surface area contributed by atoms with Gasteiger partial charge in [0.05, 0.1) is 19.4 Å². The molecule has 4 heteroatoms. The summed E-state index contributed by atoms with van der Waals surface area (Å²) in [6.45, 7) is 2.37. The van der Waals surface area contributed by atoms with Crippen LogP contribution in [0.1, 0.15) is 23.2 Å². The van der Waals surface area contributed by atoms with Crippen LogP contribution in [0.3, 0.4) is 0 Å². The summed E-state index contributed by atoms with van der Waals surface area (Å²) in [5.41, 5.74) is 2.83. The molecule has 0 amide bonds. The molecule has 0 N–H and O–H groups in total. The Kier molecular flexibility index (Phi) is 4.92. The Hall–Kier alpha value is -1.42. The molecule has 88 valence electrons. The Morgan fingerprint density at radius 2 is 2.19 bits per heavy atom. The summed E-state index contributed by atoms with van der Waals surface area (Å²) >= 11 is 0. The molecule has 0 aliphatic carbocycles. The van der Waals surface area contributed by atoms with Crippen molar-refractivity contribution >= 4 is 6.29 Å². The molecule has 1 rings (SSSR count). The molecule has 0 fully saturated rings. The maximum Gasteiger partial charge on any atom is 0.143 e. The number of carbonyl (C=O) groups excluding carboxylic acids is 1. The second kappa shape index (κ2) is 6.23. The van der Waals surface area contributed by atoms with E-state index in [0.717, 1.165) is 28.9 Å². The Labute approximate surface area is 95.6 Å². The summed E-state index contributed by atoms with van der Waals surface area (Å²) in [7, 11) is 3.25. The van der Waals surface area contributed by atoms with Crippen molar-refractivity contribution in [1.29, 1.82) is 0 Å². The number of aryl methyl sites for hydroxylation is 1. The minimum atomic E-state index is 0.483. The van der Waals surface area contributed by atoms with Crippen molar-refractivity contribution in [2.24, 2.45) is 0 Å². The molecule has 1 aromatic rings. The van der Waals surface area contributed by atoms with Crippen LogP contribution < -0.4 is 4.74 Å². The molecule has 0 atom stereocenters. The average Bonchev–Trinajstić information content (AvgIpc) is 2.29. The highest BCUT2D eigenvalue weighted by molar-refractivity contribution is 5.52. The van der Waals surface area contributed by atoms with E-state index in [1.165, 1.54) is 0 Å². The van der Waals surface area contributed by atoms with Gasteiger partial charge in [-0.3, -0.25) is 4.98 Å². The third-order valence-electron chi connectivity index (χ3n) is 2.42. The van der Waals surface area contributed by atoms with E-state index in [-0.39, 0.29) is 0 Å². The zero-order valence-electron chi connectivity index (χ0n) is 9.95. The van der Waals surface area contributed by atoms with Crippen molar-refractivity contribution in [1.82, 2.24) is 4.98 Å². The lowest BCUT2D eigenvalue weighted by molar-refractivity contribution is -0.107. The van der Waals surface area contributed by atoms with Crippen molar-refractivity contribution in [3.8, 4) is 5.75 Å². The van der Waals surface area contributed by atoms with Crippen molar-refractivity contribution in [2.75, 3.05) is 14.2 Å². The number of aromatic nitrogens is 1. The van der Waals surface area contributed by atoms with Gasteiger partial charge in [-0.25, -0.2) is 0 Å². The van der Waals surface area contributed by atoms with Crippen LogP contribution >= 0.6 is 0 Å². The van der Waals surface area contributed by atoms with E-state index in [1.807, 2.05) is 6.92 Å². The molecule has 0 bridgehead atoms. The van der Waals surface area contributed by atoms with Crippen LogP contribution in [0, 0.1) is 6.92 Å². The van der Waals surface area contributed by atoms with E-state index >= 15 is 0 Å². The second-order valence-electron chi connectivity index (χ2n) is 3.52. The molecule has 0 aromatic carbocycles. The highest BCUT2D eigenvalue weighted by Gasteiger charge is 2.12. The van der Waals surface area contributed by atoms with Crippen LogP contribution in [0.15, 0.2) is 6.20 Å². The van der Waals surface area contributed by atoms with Gasteiger partial charge in [-0.05, 0) is 13.3 Å². The maximum absolute atomic E-state index is 10.4. The molecule has 0 saturated carbocycles. The first-order valence-corrected chi connectivity index (χ1v) is 5.18. The molecule has 0 unspecified atom stereocenters. The third kappa shape index (κ3) is 2.79. The monoisotopic (exact) mass is 223 g/mol. The van der Waals surface area contributed by atoms with Crippen LogP contribution in [0.2, 0.25) is 0 Å². The molecule has 0 aliphatic rings. The predicted molar refractivity (Wildman–Crippen MR) is 60.6 cm³/mol. The molecule has 0 radical (unpaired) electrons.